The molecule has 0 aliphatic rings. The van der Waals surface area contributed by atoms with Crippen molar-refractivity contribution in [2.24, 2.45) is 0 Å². The fraction of sp³-hybridized carbons (Fsp3) is 0.304. The van der Waals surface area contributed by atoms with Crippen molar-refractivity contribution in [1.29, 1.82) is 0 Å². The minimum atomic E-state index is 0.722. The van der Waals surface area contributed by atoms with Gasteiger partial charge in [-0.2, -0.15) is 4.98 Å². The van der Waals surface area contributed by atoms with Gasteiger partial charge < -0.3 is 15.0 Å². The van der Waals surface area contributed by atoms with E-state index in [1.807, 2.05) is 25.1 Å². The van der Waals surface area contributed by atoms with Gasteiger partial charge in [0.25, 0.3) is 0 Å². The van der Waals surface area contributed by atoms with Gasteiger partial charge in [-0.25, -0.2) is 4.98 Å². The number of methoxy groups -OCH3 is 1. The Labute approximate surface area is 167 Å². The van der Waals surface area contributed by atoms with Crippen LogP contribution in [0.3, 0.4) is 0 Å². The molecule has 146 valence electrons. The highest BCUT2D eigenvalue weighted by atomic mass is 16.5. The maximum Gasteiger partial charge on any atom is 0.232 e. The smallest absolute Gasteiger partial charge is 0.232 e. The Kier molecular flexibility index (Phi) is 6.48. The Morgan fingerprint density at radius 3 is 2.46 bits per heavy atom. The van der Waals surface area contributed by atoms with E-state index in [1.54, 1.807) is 7.11 Å². The molecule has 0 saturated heterocycles. The van der Waals surface area contributed by atoms with Crippen LogP contribution in [-0.2, 0) is 6.42 Å². The molecule has 0 aliphatic heterocycles. The van der Waals surface area contributed by atoms with Gasteiger partial charge in [0.1, 0.15) is 11.6 Å². The SMILES string of the molecule is CCN(c1cccc(C)c1)c1nc(C)cc(NCCc2ccc(OC)cc2)n1. The zero-order valence-electron chi connectivity index (χ0n) is 17.1. The van der Waals surface area contributed by atoms with Gasteiger partial charge >= 0.3 is 0 Å². The molecule has 0 aliphatic carbocycles. The van der Waals surface area contributed by atoms with Crippen LogP contribution >= 0.6 is 0 Å². The largest absolute Gasteiger partial charge is 0.497 e. The van der Waals surface area contributed by atoms with Crippen LogP contribution in [0.25, 0.3) is 0 Å². The van der Waals surface area contributed by atoms with Crippen LogP contribution in [-0.4, -0.2) is 30.2 Å². The number of anilines is 3. The van der Waals surface area contributed by atoms with Crippen LogP contribution in [0.15, 0.2) is 54.6 Å². The summed E-state index contributed by atoms with van der Waals surface area (Å²) in [5.74, 6) is 2.45. The second kappa shape index (κ2) is 9.22. The van der Waals surface area contributed by atoms with E-state index in [0.29, 0.717) is 0 Å². The number of aromatic nitrogens is 2. The molecule has 1 heterocycles. The van der Waals surface area contributed by atoms with Gasteiger partial charge in [-0.3, -0.25) is 0 Å². The number of nitrogens with one attached hydrogen (secondary N) is 1. The molecule has 0 atom stereocenters. The van der Waals surface area contributed by atoms with Crippen LogP contribution < -0.4 is 15.0 Å². The standard InChI is InChI=1S/C23H28N4O/c1-5-27(20-8-6-7-17(2)15-20)23-25-18(3)16-22(26-23)24-14-13-19-9-11-21(28-4)12-10-19/h6-12,15-16H,5,13-14H2,1-4H3,(H,24,25,26). The highest BCUT2D eigenvalue weighted by Gasteiger charge is 2.12. The highest BCUT2D eigenvalue weighted by Crippen LogP contribution is 2.24. The summed E-state index contributed by atoms with van der Waals surface area (Å²) in [7, 11) is 1.68. The van der Waals surface area contributed by atoms with Gasteiger partial charge in [-0.15, -0.1) is 0 Å². The van der Waals surface area contributed by atoms with E-state index >= 15 is 0 Å². The lowest BCUT2D eigenvalue weighted by Crippen LogP contribution is -2.20. The van der Waals surface area contributed by atoms with Gasteiger partial charge in [0.15, 0.2) is 0 Å². The predicted molar refractivity (Wildman–Crippen MR) is 116 cm³/mol. The quantitative estimate of drug-likeness (QED) is 0.605. The average molecular weight is 377 g/mol. The van der Waals surface area contributed by atoms with Gasteiger partial charge in [0.2, 0.25) is 5.95 Å². The first-order valence-electron chi connectivity index (χ1n) is 9.65. The molecule has 3 aromatic rings. The van der Waals surface area contributed by atoms with Crippen molar-refractivity contribution >= 4 is 17.5 Å². The Hall–Kier alpha value is -3.08. The predicted octanol–water partition coefficient (Wildman–Crippen LogP) is 4.91. The molecular formula is C23H28N4O. The second-order valence-electron chi connectivity index (χ2n) is 6.80. The van der Waals surface area contributed by atoms with Crippen molar-refractivity contribution in [2.75, 3.05) is 30.4 Å². The number of hydrogen-bond donors (Lipinski definition) is 1. The monoisotopic (exact) mass is 376 g/mol. The average Bonchev–Trinajstić information content (AvgIpc) is 2.69. The number of rotatable bonds is 8. The lowest BCUT2D eigenvalue weighted by Gasteiger charge is -2.22. The number of hydrogen-bond acceptors (Lipinski definition) is 5. The molecule has 5 nitrogen and oxygen atoms in total. The summed E-state index contributed by atoms with van der Waals surface area (Å²) < 4.78 is 5.21. The zero-order chi connectivity index (χ0) is 19.9. The highest BCUT2D eigenvalue weighted by molar-refractivity contribution is 5.59. The summed E-state index contributed by atoms with van der Waals surface area (Å²) in [6.45, 7) is 7.83. The zero-order valence-corrected chi connectivity index (χ0v) is 17.1. The van der Waals surface area contributed by atoms with Gasteiger partial charge in [-0.1, -0.05) is 24.3 Å². The van der Waals surface area contributed by atoms with E-state index in [1.165, 1.54) is 11.1 Å². The van der Waals surface area contributed by atoms with Crippen molar-refractivity contribution in [1.82, 2.24) is 9.97 Å². The van der Waals surface area contributed by atoms with E-state index in [9.17, 15) is 0 Å². The first-order chi connectivity index (χ1) is 13.6. The molecule has 5 heteroatoms. The summed E-state index contributed by atoms with van der Waals surface area (Å²) >= 11 is 0. The Morgan fingerprint density at radius 2 is 1.79 bits per heavy atom. The summed E-state index contributed by atoms with van der Waals surface area (Å²) in [5, 5.41) is 3.44. The first-order valence-corrected chi connectivity index (χ1v) is 9.65. The molecule has 0 unspecified atom stereocenters. The molecule has 0 radical (unpaired) electrons. The van der Waals surface area contributed by atoms with Gasteiger partial charge in [0, 0.05) is 30.5 Å². The molecule has 3 rings (SSSR count). The van der Waals surface area contributed by atoms with Crippen molar-refractivity contribution in [3.8, 4) is 5.75 Å². The maximum atomic E-state index is 5.21. The van der Waals surface area contributed by atoms with E-state index in [2.05, 4.69) is 65.4 Å². The lowest BCUT2D eigenvalue weighted by atomic mass is 10.1. The molecule has 0 spiro atoms. The Bertz CT molecular complexity index is 909. The minimum Gasteiger partial charge on any atom is -0.497 e. The fourth-order valence-corrected chi connectivity index (χ4v) is 3.13. The third-order valence-electron chi connectivity index (χ3n) is 4.59. The molecule has 0 fully saturated rings. The summed E-state index contributed by atoms with van der Waals surface area (Å²) in [4.78, 5) is 11.5. The first kappa shape index (κ1) is 19.7. The van der Waals surface area contributed by atoms with E-state index in [4.69, 9.17) is 9.72 Å². The van der Waals surface area contributed by atoms with Crippen molar-refractivity contribution < 1.29 is 4.74 Å². The lowest BCUT2D eigenvalue weighted by molar-refractivity contribution is 0.414. The molecule has 0 saturated carbocycles. The Balaban J connectivity index is 1.71. The fourth-order valence-electron chi connectivity index (χ4n) is 3.13. The number of nitrogens with zero attached hydrogens (tertiary/aromatic N) is 3. The second-order valence-corrected chi connectivity index (χ2v) is 6.80. The molecule has 28 heavy (non-hydrogen) atoms. The molecule has 0 bridgehead atoms. The van der Waals surface area contributed by atoms with E-state index in [0.717, 1.165) is 48.4 Å². The Morgan fingerprint density at radius 1 is 1.00 bits per heavy atom. The minimum absolute atomic E-state index is 0.722. The summed E-state index contributed by atoms with van der Waals surface area (Å²) in [5.41, 5.74) is 4.54. The van der Waals surface area contributed by atoms with Crippen LogP contribution in [0.1, 0.15) is 23.7 Å². The van der Waals surface area contributed by atoms with Crippen molar-refractivity contribution in [2.45, 2.75) is 27.2 Å². The topological polar surface area (TPSA) is 50.3 Å². The van der Waals surface area contributed by atoms with Crippen molar-refractivity contribution in [3.63, 3.8) is 0 Å². The third kappa shape index (κ3) is 5.00. The molecule has 0 amide bonds. The number of aryl methyl sites for hydroxylation is 2. The summed E-state index contributed by atoms with van der Waals surface area (Å²) in [6, 6.07) is 18.6. The van der Waals surface area contributed by atoms with Crippen LogP contribution in [0, 0.1) is 13.8 Å². The van der Waals surface area contributed by atoms with Crippen LogP contribution in [0.5, 0.6) is 5.75 Å². The van der Waals surface area contributed by atoms with Gasteiger partial charge in [0.05, 0.1) is 7.11 Å². The molecule has 1 N–H and O–H groups in total. The molecule has 2 aromatic carbocycles. The molecule has 1 aromatic heterocycles. The number of ether oxygens (including phenoxy) is 1. The third-order valence-corrected chi connectivity index (χ3v) is 4.59. The van der Waals surface area contributed by atoms with E-state index in [-0.39, 0.29) is 0 Å². The number of benzene rings is 2. The summed E-state index contributed by atoms with van der Waals surface area (Å²) in [6.07, 6.45) is 0.914. The van der Waals surface area contributed by atoms with Crippen molar-refractivity contribution in [3.05, 3.63) is 71.4 Å². The molecular weight excluding hydrogens is 348 g/mol. The van der Waals surface area contributed by atoms with Gasteiger partial charge in [-0.05, 0) is 62.6 Å². The normalized spacial score (nSPS) is 10.6. The van der Waals surface area contributed by atoms with Crippen LogP contribution in [0.2, 0.25) is 0 Å². The van der Waals surface area contributed by atoms with Crippen LogP contribution in [0.4, 0.5) is 17.5 Å². The van der Waals surface area contributed by atoms with E-state index < -0.39 is 0 Å². The maximum absolute atomic E-state index is 5.21.